The molecule has 0 spiro atoms. The van der Waals surface area contributed by atoms with E-state index in [1.165, 1.54) is 0 Å². The van der Waals surface area contributed by atoms with Gasteiger partial charge in [-0.05, 0) is 47.8 Å². The van der Waals surface area contributed by atoms with Crippen LogP contribution >= 0.6 is 0 Å². The number of aryl methyl sites for hydroxylation is 2. The van der Waals surface area contributed by atoms with Crippen LogP contribution in [0.5, 0.6) is 0 Å². The van der Waals surface area contributed by atoms with E-state index < -0.39 is 10.9 Å². The summed E-state index contributed by atoms with van der Waals surface area (Å²) in [6.07, 6.45) is 0.909. The lowest BCUT2D eigenvalue weighted by molar-refractivity contribution is 0.405. The van der Waals surface area contributed by atoms with E-state index >= 15 is 0 Å². The van der Waals surface area contributed by atoms with Crippen molar-refractivity contribution in [2.24, 2.45) is 0 Å². The van der Waals surface area contributed by atoms with Gasteiger partial charge < -0.3 is 15.5 Å². The highest BCUT2D eigenvalue weighted by Gasteiger charge is 2.21. The SMILES string of the molecule is CCn1nc(C)c(CNc2c(NCCCN(C)C)c(=O)c2=O)c1C. The first kappa shape index (κ1) is 18.2. The number of hydrogen-bond acceptors (Lipinski definition) is 6. The maximum absolute atomic E-state index is 11.8. The molecule has 0 aliphatic carbocycles. The lowest BCUT2D eigenvalue weighted by Crippen LogP contribution is -2.37. The van der Waals surface area contributed by atoms with Crippen LogP contribution in [-0.4, -0.2) is 41.9 Å². The van der Waals surface area contributed by atoms with Crippen molar-refractivity contribution in [1.82, 2.24) is 14.7 Å². The number of nitrogens with zero attached hydrogens (tertiary/aromatic N) is 3. The molecule has 0 atom stereocenters. The topological polar surface area (TPSA) is 79.3 Å². The van der Waals surface area contributed by atoms with Crippen LogP contribution in [0.1, 0.15) is 30.3 Å². The van der Waals surface area contributed by atoms with Crippen molar-refractivity contribution in [3.05, 3.63) is 37.4 Å². The molecule has 1 aromatic heterocycles. The molecule has 0 fully saturated rings. The summed E-state index contributed by atoms with van der Waals surface area (Å²) < 4.78 is 1.94. The Morgan fingerprint density at radius 3 is 2.25 bits per heavy atom. The first-order valence-electron chi connectivity index (χ1n) is 8.35. The molecule has 0 saturated heterocycles. The Morgan fingerprint density at radius 1 is 1.08 bits per heavy atom. The van der Waals surface area contributed by atoms with Gasteiger partial charge >= 0.3 is 0 Å². The highest BCUT2D eigenvalue weighted by atomic mass is 16.2. The molecule has 0 saturated carbocycles. The smallest absolute Gasteiger partial charge is 0.253 e. The Bertz CT molecular complexity index is 769. The van der Waals surface area contributed by atoms with Crippen molar-refractivity contribution in [3.8, 4) is 0 Å². The normalized spacial score (nSPS) is 11.4. The molecule has 1 heterocycles. The summed E-state index contributed by atoms with van der Waals surface area (Å²) in [5.74, 6) is 0. The lowest BCUT2D eigenvalue weighted by Gasteiger charge is -2.16. The Balaban J connectivity index is 2.01. The first-order valence-corrected chi connectivity index (χ1v) is 8.35. The highest BCUT2D eigenvalue weighted by molar-refractivity contribution is 5.74. The van der Waals surface area contributed by atoms with Gasteiger partial charge in [-0.3, -0.25) is 14.3 Å². The van der Waals surface area contributed by atoms with Gasteiger partial charge in [0, 0.05) is 30.9 Å². The molecule has 2 rings (SSSR count). The van der Waals surface area contributed by atoms with E-state index in [1.807, 2.05) is 39.5 Å². The van der Waals surface area contributed by atoms with Crippen molar-refractivity contribution in [1.29, 1.82) is 0 Å². The van der Waals surface area contributed by atoms with Gasteiger partial charge in [-0.25, -0.2) is 0 Å². The molecule has 0 aliphatic heterocycles. The third kappa shape index (κ3) is 3.67. The summed E-state index contributed by atoms with van der Waals surface area (Å²) in [4.78, 5) is 25.7. The molecule has 0 unspecified atom stereocenters. The number of anilines is 2. The molecule has 2 aromatic rings. The van der Waals surface area contributed by atoms with Gasteiger partial charge in [-0.15, -0.1) is 0 Å². The van der Waals surface area contributed by atoms with Crippen molar-refractivity contribution in [3.63, 3.8) is 0 Å². The van der Waals surface area contributed by atoms with E-state index in [0.717, 1.165) is 36.5 Å². The van der Waals surface area contributed by atoms with E-state index in [0.29, 0.717) is 24.5 Å². The molecule has 7 heteroatoms. The van der Waals surface area contributed by atoms with Crippen molar-refractivity contribution >= 4 is 11.4 Å². The Morgan fingerprint density at radius 2 is 1.71 bits per heavy atom. The van der Waals surface area contributed by atoms with Gasteiger partial charge in [0.1, 0.15) is 11.4 Å². The van der Waals surface area contributed by atoms with Crippen molar-refractivity contribution in [2.45, 2.75) is 40.3 Å². The second kappa shape index (κ2) is 7.61. The molecule has 0 radical (unpaired) electrons. The van der Waals surface area contributed by atoms with E-state index in [2.05, 4.69) is 20.6 Å². The minimum atomic E-state index is -0.441. The first-order chi connectivity index (χ1) is 11.4. The summed E-state index contributed by atoms with van der Waals surface area (Å²) >= 11 is 0. The number of rotatable bonds is 9. The van der Waals surface area contributed by atoms with Crippen LogP contribution in [0.25, 0.3) is 0 Å². The quantitative estimate of drug-likeness (QED) is 0.528. The summed E-state index contributed by atoms with van der Waals surface area (Å²) in [7, 11) is 4.01. The van der Waals surface area contributed by atoms with Crippen molar-refractivity contribution in [2.75, 3.05) is 37.8 Å². The monoisotopic (exact) mass is 333 g/mol. The largest absolute Gasteiger partial charge is 0.380 e. The fourth-order valence-electron chi connectivity index (χ4n) is 2.81. The molecular weight excluding hydrogens is 306 g/mol. The summed E-state index contributed by atoms with van der Waals surface area (Å²) in [5.41, 5.74) is 3.04. The van der Waals surface area contributed by atoms with Crippen LogP contribution in [0.3, 0.4) is 0 Å². The van der Waals surface area contributed by atoms with E-state index in [1.54, 1.807) is 0 Å². The van der Waals surface area contributed by atoms with Gasteiger partial charge in [0.15, 0.2) is 0 Å². The van der Waals surface area contributed by atoms with Gasteiger partial charge in [0.25, 0.3) is 10.9 Å². The van der Waals surface area contributed by atoms with Gasteiger partial charge in [0.2, 0.25) is 0 Å². The zero-order valence-electron chi connectivity index (χ0n) is 15.2. The molecule has 132 valence electrons. The van der Waals surface area contributed by atoms with Crippen molar-refractivity contribution < 1.29 is 0 Å². The molecule has 2 N–H and O–H groups in total. The summed E-state index contributed by atoms with van der Waals surface area (Å²) in [5, 5.41) is 10.7. The Kier molecular flexibility index (Phi) is 5.77. The molecule has 24 heavy (non-hydrogen) atoms. The van der Waals surface area contributed by atoms with Crippen LogP contribution in [-0.2, 0) is 13.1 Å². The van der Waals surface area contributed by atoms with E-state index in [4.69, 9.17) is 0 Å². The molecule has 7 nitrogen and oxygen atoms in total. The Hall–Kier alpha value is -2.15. The van der Waals surface area contributed by atoms with Gasteiger partial charge in [-0.2, -0.15) is 5.10 Å². The zero-order chi connectivity index (χ0) is 17.9. The average molecular weight is 333 g/mol. The third-order valence-electron chi connectivity index (χ3n) is 4.27. The third-order valence-corrected chi connectivity index (χ3v) is 4.27. The number of aromatic nitrogens is 2. The number of nitrogens with one attached hydrogen (secondary N) is 2. The van der Waals surface area contributed by atoms with Crippen LogP contribution in [0, 0.1) is 13.8 Å². The molecule has 0 amide bonds. The molecular formula is C17H27N5O2. The number of hydrogen-bond donors (Lipinski definition) is 2. The van der Waals surface area contributed by atoms with Crippen LogP contribution < -0.4 is 21.5 Å². The fraction of sp³-hybridized carbons (Fsp3) is 0.588. The van der Waals surface area contributed by atoms with Crippen LogP contribution in [0.2, 0.25) is 0 Å². The van der Waals surface area contributed by atoms with E-state index in [9.17, 15) is 9.59 Å². The minimum absolute atomic E-state index is 0.396. The second-order valence-corrected chi connectivity index (χ2v) is 6.31. The second-order valence-electron chi connectivity index (χ2n) is 6.31. The predicted octanol–water partition coefficient (Wildman–Crippen LogP) is 1.09. The maximum Gasteiger partial charge on any atom is 0.253 e. The maximum atomic E-state index is 11.8. The summed E-state index contributed by atoms with van der Waals surface area (Å²) in [6.45, 7) is 8.93. The average Bonchev–Trinajstić information content (AvgIpc) is 2.82. The van der Waals surface area contributed by atoms with Gasteiger partial charge in [-0.1, -0.05) is 0 Å². The molecule has 0 bridgehead atoms. The summed E-state index contributed by atoms with van der Waals surface area (Å²) in [6, 6.07) is 0. The highest BCUT2D eigenvalue weighted by Crippen LogP contribution is 2.18. The molecule has 0 aliphatic rings. The van der Waals surface area contributed by atoms with Crippen LogP contribution in [0.4, 0.5) is 11.4 Å². The lowest BCUT2D eigenvalue weighted by atomic mass is 10.1. The van der Waals surface area contributed by atoms with Crippen LogP contribution in [0.15, 0.2) is 9.59 Å². The predicted molar refractivity (Wildman–Crippen MR) is 97.7 cm³/mol. The molecule has 1 aromatic carbocycles. The minimum Gasteiger partial charge on any atom is -0.380 e. The van der Waals surface area contributed by atoms with Gasteiger partial charge in [0.05, 0.1) is 5.69 Å². The standard InChI is InChI=1S/C17H27N5O2/c1-6-22-12(3)13(11(2)20-22)10-19-15-14(16(23)17(15)24)18-8-7-9-21(4)5/h18-19H,6-10H2,1-5H3. The Labute approximate surface area is 142 Å². The fourth-order valence-corrected chi connectivity index (χ4v) is 2.81. The van der Waals surface area contributed by atoms with E-state index in [-0.39, 0.29) is 0 Å². The zero-order valence-corrected chi connectivity index (χ0v) is 15.2.